The number of rotatable bonds is 4. The molecule has 2 aliphatic heterocycles. The average Bonchev–Trinajstić information content (AvgIpc) is 3.46. The van der Waals surface area contributed by atoms with Crippen LogP contribution in [-0.4, -0.2) is 36.9 Å². The molecule has 4 heterocycles. The summed E-state index contributed by atoms with van der Waals surface area (Å²) in [6, 6.07) is 11.0. The largest absolute Gasteiger partial charge is 0.322 e. The quantitative estimate of drug-likeness (QED) is 0.637. The van der Waals surface area contributed by atoms with Crippen LogP contribution in [0.15, 0.2) is 48.8 Å². The second-order valence-electron chi connectivity index (χ2n) is 7.32. The summed E-state index contributed by atoms with van der Waals surface area (Å²) in [6.07, 6.45) is 5.47. The minimum Gasteiger partial charge on any atom is -0.322 e. The SMILES string of the molecule is O=C(Nc1ccc(N2CCCS2(=O)=O)cc1)c1c(-n2cccc2)sc2c1CCSC2. The molecule has 2 aromatic heterocycles. The second-order valence-corrected chi connectivity index (χ2v) is 11.5. The van der Waals surface area contributed by atoms with Gasteiger partial charge in [-0.3, -0.25) is 9.10 Å². The van der Waals surface area contributed by atoms with E-state index in [4.69, 9.17) is 0 Å². The van der Waals surface area contributed by atoms with Gasteiger partial charge in [-0.1, -0.05) is 0 Å². The molecule has 30 heavy (non-hydrogen) atoms. The molecule has 1 saturated heterocycles. The van der Waals surface area contributed by atoms with Gasteiger partial charge in [-0.15, -0.1) is 11.3 Å². The smallest absolute Gasteiger partial charge is 0.258 e. The van der Waals surface area contributed by atoms with Gasteiger partial charge >= 0.3 is 0 Å². The first kappa shape index (κ1) is 19.7. The standard InChI is InChI=1S/C21H21N3O3S3/c25-20(22-15-4-6-16(7-5-15)24-11-3-13-30(24,26)27)19-17-8-12-28-14-18(17)29-21(19)23-9-1-2-10-23/h1-2,4-7,9-10H,3,8,11-14H2,(H,22,25). The number of thiophene rings is 1. The van der Waals surface area contributed by atoms with Crippen molar-refractivity contribution in [2.45, 2.75) is 18.6 Å². The summed E-state index contributed by atoms with van der Waals surface area (Å²) in [7, 11) is -3.21. The molecule has 0 saturated carbocycles. The Hall–Kier alpha value is -2.23. The molecular weight excluding hydrogens is 438 g/mol. The fourth-order valence-corrected chi connectivity index (χ4v) is 7.95. The third kappa shape index (κ3) is 3.55. The summed E-state index contributed by atoms with van der Waals surface area (Å²) >= 11 is 3.59. The van der Waals surface area contributed by atoms with Crippen LogP contribution >= 0.6 is 23.1 Å². The number of hydrogen-bond donors (Lipinski definition) is 1. The Bertz CT molecular complexity index is 1180. The molecule has 0 atom stereocenters. The Morgan fingerprint density at radius 3 is 2.57 bits per heavy atom. The lowest BCUT2D eigenvalue weighted by atomic mass is 10.1. The zero-order valence-electron chi connectivity index (χ0n) is 16.2. The van der Waals surface area contributed by atoms with Gasteiger partial charge in [0, 0.05) is 35.3 Å². The number of nitrogens with zero attached hydrogens (tertiary/aromatic N) is 2. The molecule has 0 aliphatic carbocycles. The first-order valence-corrected chi connectivity index (χ1v) is 13.4. The molecule has 0 unspecified atom stereocenters. The second kappa shape index (κ2) is 7.79. The summed E-state index contributed by atoms with van der Waals surface area (Å²) < 4.78 is 27.7. The number of benzene rings is 1. The maximum absolute atomic E-state index is 13.3. The highest BCUT2D eigenvalue weighted by Gasteiger charge is 2.29. The highest BCUT2D eigenvalue weighted by molar-refractivity contribution is 7.98. The number of thioether (sulfide) groups is 1. The number of fused-ring (bicyclic) bond motifs is 1. The third-order valence-electron chi connectivity index (χ3n) is 5.38. The van der Waals surface area contributed by atoms with Gasteiger partial charge < -0.3 is 9.88 Å². The van der Waals surface area contributed by atoms with Crippen LogP contribution in [0.5, 0.6) is 0 Å². The predicted molar refractivity (Wildman–Crippen MR) is 124 cm³/mol. The van der Waals surface area contributed by atoms with Gasteiger partial charge in [0.2, 0.25) is 10.0 Å². The lowest BCUT2D eigenvalue weighted by molar-refractivity contribution is 0.102. The van der Waals surface area contributed by atoms with E-state index in [2.05, 4.69) is 5.32 Å². The molecule has 5 rings (SSSR count). The minimum absolute atomic E-state index is 0.121. The third-order valence-corrected chi connectivity index (χ3v) is 9.66. The predicted octanol–water partition coefficient (Wildman–Crippen LogP) is 4.12. The van der Waals surface area contributed by atoms with E-state index >= 15 is 0 Å². The Morgan fingerprint density at radius 1 is 1.10 bits per heavy atom. The first-order valence-electron chi connectivity index (χ1n) is 9.80. The van der Waals surface area contributed by atoms with Crippen LogP contribution in [0.4, 0.5) is 11.4 Å². The molecule has 1 amide bonds. The van der Waals surface area contributed by atoms with Gasteiger partial charge in [0.25, 0.3) is 5.91 Å². The number of sulfonamides is 1. The van der Waals surface area contributed by atoms with Crippen LogP contribution in [0, 0.1) is 0 Å². The van der Waals surface area contributed by atoms with E-state index in [1.807, 2.05) is 40.9 Å². The van der Waals surface area contributed by atoms with Crippen molar-refractivity contribution in [1.29, 1.82) is 0 Å². The zero-order chi connectivity index (χ0) is 20.7. The van der Waals surface area contributed by atoms with Gasteiger partial charge in [-0.2, -0.15) is 11.8 Å². The molecule has 0 bridgehead atoms. The van der Waals surface area contributed by atoms with Crippen molar-refractivity contribution in [1.82, 2.24) is 4.57 Å². The van der Waals surface area contributed by atoms with Crippen molar-refractivity contribution in [3.63, 3.8) is 0 Å². The van der Waals surface area contributed by atoms with Gasteiger partial charge in [-0.25, -0.2) is 8.42 Å². The van der Waals surface area contributed by atoms with Crippen LogP contribution in [0.3, 0.4) is 0 Å². The number of aromatic nitrogens is 1. The van der Waals surface area contributed by atoms with E-state index in [1.54, 1.807) is 35.6 Å². The van der Waals surface area contributed by atoms with Crippen molar-refractivity contribution in [3.05, 3.63) is 64.8 Å². The fraction of sp³-hybridized carbons (Fsp3) is 0.286. The molecule has 156 valence electrons. The van der Waals surface area contributed by atoms with Gasteiger partial charge in [0.05, 0.1) is 17.0 Å². The van der Waals surface area contributed by atoms with Gasteiger partial charge in [0.15, 0.2) is 0 Å². The molecule has 9 heteroatoms. The Labute approximate surface area is 184 Å². The molecule has 1 fully saturated rings. The normalized spacial score (nSPS) is 17.7. The summed E-state index contributed by atoms with van der Waals surface area (Å²) in [4.78, 5) is 14.5. The van der Waals surface area contributed by atoms with E-state index in [9.17, 15) is 13.2 Å². The zero-order valence-corrected chi connectivity index (χ0v) is 18.7. The van der Waals surface area contributed by atoms with Gasteiger partial charge in [-0.05, 0) is 60.6 Å². The number of carbonyl (C=O) groups is 1. The van der Waals surface area contributed by atoms with Crippen molar-refractivity contribution in [2.75, 3.05) is 27.7 Å². The van der Waals surface area contributed by atoms with E-state index in [0.29, 0.717) is 24.3 Å². The molecule has 1 N–H and O–H groups in total. The fourth-order valence-electron chi connectivity index (χ4n) is 3.94. The lowest BCUT2D eigenvalue weighted by Crippen LogP contribution is -2.25. The van der Waals surface area contributed by atoms with Crippen molar-refractivity contribution in [3.8, 4) is 5.00 Å². The molecule has 6 nitrogen and oxygen atoms in total. The van der Waals surface area contributed by atoms with Crippen LogP contribution in [-0.2, 0) is 22.2 Å². The van der Waals surface area contributed by atoms with Crippen molar-refractivity contribution in [2.24, 2.45) is 0 Å². The number of anilines is 2. The van der Waals surface area contributed by atoms with Crippen molar-refractivity contribution < 1.29 is 13.2 Å². The molecule has 1 aromatic carbocycles. The molecule has 3 aromatic rings. The van der Waals surface area contributed by atoms with E-state index in [0.717, 1.165) is 34.1 Å². The summed E-state index contributed by atoms with van der Waals surface area (Å²) in [6.45, 7) is 0.507. The monoisotopic (exact) mass is 459 g/mol. The maximum atomic E-state index is 13.3. The average molecular weight is 460 g/mol. The highest BCUT2D eigenvalue weighted by atomic mass is 32.2. The Kier molecular flexibility index (Phi) is 5.12. The number of carbonyl (C=O) groups excluding carboxylic acids is 1. The van der Waals surface area contributed by atoms with Gasteiger partial charge in [0.1, 0.15) is 5.00 Å². The van der Waals surface area contributed by atoms with Crippen LogP contribution < -0.4 is 9.62 Å². The summed E-state index contributed by atoms with van der Waals surface area (Å²) in [5.74, 6) is 2.04. The summed E-state index contributed by atoms with van der Waals surface area (Å²) in [5, 5.41) is 3.96. The Morgan fingerprint density at radius 2 is 1.87 bits per heavy atom. The minimum atomic E-state index is -3.21. The maximum Gasteiger partial charge on any atom is 0.258 e. The number of nitrogens with one attached hydrogen (secondary N) is 1. The molecule has 2 aliphatic rings. The van der Waals surface area contributed by atoms with Crippen LogP contribution in [0.25, 0.3) is 5.00 Å². The van der Waals surface area contributed by atoms with E-state index in [1.165, 1.54) is 9.18 Å². The number of hydrogen-bond acceptors (Lipinski definition) is 5. The molecular formula is C21H21N3O3S3. The van der Waals surface area contributed by atoms with Crippen LogP contribution in [0.2, 0.25) is 0 Å². The Balaban J connectivity index is 1.43. The number of amides is 1. The topological polar surface area (TPSA) is 71.4 Å². The van der Waals surface area contributed by atoms with E-state index in [-0.39, 0.29) is 11.7 Å². The highest BCUT2D eigenvalue weighted by Crippen LogP contribution is 2.38. The lowest BCUT2D eigenvalue weighted by Gasteiger charge is -2.17. The molecule has 0 spiro atoms. The van der Waals surface area contributed by atoms with Crippen molar-refractivity contribution >= 4 is 50.4 Å². The first-order chi connectivity index (χ1) is 14.5. The van der Waals surface area contributed by atoms with E-state index < -0.39 is 10.0 Å². The van der Waals surface area contributed by atoms with Crippen LogP contribution in [0.1, 0.15) is 27.2 Å². The summed E-state index contributed by atoms with van der Waals surface area (Å²) in [5.41, 5.74) is 3.20. The molecule has 0 radical (unpaired) electrons.